The first-order chi connectivity index (χ1) is 15.6. The van der Waals surface area contributed by atoms with Crippen molar-refractivity contribution in [2.24, 2.45) is 0 Å². The van der Waals surface area contributed by atoms with E-state index in [1.165, 1.54) is 0 Å². The van der Waals surface area contributed by atoms with Gasteiger partial charge < -0.3 is 15.2 Å². The number of nitrogens with zero attached hydrogens (tertiary/aromatic N) is 1. The summed E-state index contributed by atoms with van der Waals surface area (Å²) in [6, 6.07) is 14.5. The summed E-state index contributed by atoms with van der Waals surface area (Å²) in [5, 5.41) is 13.1. The van der Waals surface area contributed by atoms with Crippen LogP contribution in [0.1, 0.15) is 52.9 Å². The Kier molecular flexibility index (Phi) is 5.35. The second kappa shape index (κ2) is 8.46. The van der Waals surface area contributed by atoms with Crippen LogP contribution in [0.15, 0.2) is 48.5 Å². The fraction of sp³-hybridized carbons (Fsp3) is 0.269. The maximum atomic E-state index is 13.4. The number of rotatable bonds is 3. The molecule has 0 bridgehead atoms. The number of amides is 1. The second-order valence-corrected chi connectivity index (χ2v) is 8.27. The van der Waals surface area contributed by atoms with Gasteiger partial charge in [0.1, 0.15) is 5.75 Å². The molecule has 0 spiro atoms. The Labute approximate surface area is 185 Å². The van der Waals surface area contributed by atoms with Crippen LogP contribution in [-0.4, -0.2) is 34.6 Å². The number of benzene rings is 2. The molecule has 2 aliphatic rings. The molecule has 3 aromatic rings. The molecule has 6 nitrogen and oxygen atoms in total. The Bertz CT molecular complexity index is 1230. The lowest BCUT2D eigenvalue weighted by Crippen LogP contribution is -2.36. The predicted molar refractivity (Wildman–Crippen MR) is 122 cm³/mol. The zero-order valence-corrected chi connectivity index (χ0v) is 17.6. The Morgan fingerprint density at radius 3 is 2.75 bits per heavy atom. The van der Waals surface area contributed by atoms with Gasteiger partial charge >= 0.3 is 5.97 Å². The molecular weight excluding hydrogens is 404 g/mol. The third-order valence-corrected chi connectivity index (χ3v) is 6.11. The Morgan fingerprint density at radius 2 is 1.91 bits per heavy atom. The van der Waals surface area contributed by atoms with Crippen LogP contribution < -0.4 is 5.32 Å². The molecule has 2 aromatic carbocycles. The number of hydrogen-bond donors (Lipinski definition) is 2. The van der Waals surface area contributed by atoms with Crippen molar-refractivity contribution in [3.05, 3.63) is 70.9 Å². The molecule has 1 aromatic heterocycles. The summed E-state index contributed by atoms with van der Waals surface area (Å²) in [6.07, 6.45) is 4.98. The highest BCUT2D eigenvalue weighted by atomic mass is 16.5. The molecule has 162 valence electrons. The van der Waals surface area contributed by atoms with E-state index in [1.54, 1.807) is 12.1 Å². The number of esters is 1. The summed E-state index contributed by atoms with van der Waals surface area (Å²) >= 11 is 0. The lowest BCUT2D eigenvalue weighted by atomic mass is 10.0. The van der Waals surface area contributed by atoms with E-state index >= 15 is 0 Å². The number of fused-ring (bicyclic) bond motifs is 2. The number of carbonyl (C=O) groups excluding carboxylic acids is 2. The van der Waals surface area contributed by atoms with Crippen LogP contribution >= 0.6 is 0 Å². The van der Waals surface area contributed by atoms with Crippen molar-refractivity contribution in [1.29, 1.82) is 0 Å². The predicted octanol–water partition coefficient (Wildman–Crippen LogP) is 4.25. The van der Waals surface area contributed by atoms with Crippen LogP contribution in [0.25, 0.3) is 22.6 Å². The highest BCUT2D eigenvalue weighted by molar-refractivity contribution is 6.07. The van der Waals surface area contributed by atoms with E-state index in [2.05, 4.69) is 5.32 Å². The van der Waals surface area contributed by atoms with Gasteiger partial charge in [-0.15, -0.1) is 0 Å². The first-order valence-corrected chi connectivity index (χ1v) is 11.0. The van der Waals surface area contributed by atoms with Gasteiger partial charge in [0.05, 0.1) is 16.8 Å². The SMILES string of the molecule is O=C(OC1CCCCNC1=O)c1c2c(nc3ccccc13)/C(=C/c1ccc(O)cc1)CC2. The van der Waals surface area contributed by atoms with Gasteiger partial charge in [0, 0.05) is 11.9 Å². The first-order valence-electron chi connectivity index (χ1n) is 11.0. The van der Waals surface area contributed by atoms with Crippen molar-refractivity contribution >= 4 is 34.4 Å². The van der Waals surface area contributed by atoms with Crippen LogP contribution in [0.5, 0.6) is 5.75 Å². The molecule has 1 amide bonds. The number of carbonyl (C=O) groups is 2. The largest absolute Gasteiger partial charge is 0.508 e. The molecule has 32 heavy (non-hydrogen) atoms. The number of para-hydroxylation sites is 1. The summed E-state index contributed by atoms with van der Waals surface area (Å²) < 4.78 is 5.74. The lowest BCUT2D eigenvalue weighted by Gasteiger charge is -2.17. The highest BCUT2D eigenvalue weighted by Crippen LogP contribution is 2.38. The fourth-order valence-corrected chi connectivity index (χ4v) is 4.50. The number of ether oxygens (including phenoxy) is 1. The van der Waals surface area contributed by atoms with Gasteiger partial charge in [-0.05, 0) is 73.1 Å². The standard InChI is InChI=1S/C26H24N2O4/c29-18-11-8-16(9-12-18)15-17-10-13-20-23(19-5-1-2-6-21(19)28-24(17)20)26(31)32-22-7-3-4-14-27-25(22)30/h1-2,5-6,8-9,11-12,15,22,29H,3-4,7,10,13-14H2,(H,27,30)/b17-15+. The van der Waals surface area contributed by atoms with Gasteiger partial charge in [-0.2, -0.15) is 0 Å². The maximum Gasteiger partial charge on any atom is 0.339 e. The summed E-state index contributed by atoms with van der Waals surface area (Å²) in [4.78, 5) is 30.6. The molecule has 1 aliphatic heterocycles. The summed E-state index contributed by atoms with van der Waals surface area (Å²) in [5.41, 5.74) is 4.90. The van der Waals surface area contributed by atoms with Crippen LogP contribution in [0.2, 0.25) is 0 Å². The van der Waals surface area contributed by atoms with E-state index in [0.29, 0.717) is 24.9 Å². The fourth-order valence-electron chi connectivity index (χ4n) is 4.50. The average Bonchev–Trinajstić information content (AvgIpc) is 3.07. The van der Waals surface area contributed by atoms with Gasteiger partial charge in [0.2, 0.25) is 0 Å². The number of aromatic hydroxyl groups is 1. The minimum absolute atomic E-state index is 0.218. The first kappa shape index (κ1) is 20.2. The second-order valence-electron chi connectivity index (χ2n) is 8.27. The van der Waals surface area contributed by atoms with Crippen molar-refractivity contribution < 1.29 is 19.4 Å². The minimum atomic E-state index is -0.763. The number of phenols is 1. The van der Waals surface area contributed by atoms with E-state index in [9.17, 15) is 14.7 Å². The normalized spacial score (nSPS) is 19.4. The Hall–Kier alpha value is -3.67. The molecule has 1 unspecified atom stereocenters. The Balaban J connectivity index is 1.56. The summed E-state index contributed by atoms with van der Waals surface area (Å²) in [5.74, 6) is -0.470. The molecule has 1 aliphatic carbocycles. The van der Waals surface area contributed by atoms with Gasteiger partial charge in [-0.1, -0.05) is 30.3 Å². The smallest absolute Gasteiger partial charge is 0.339 e. The van der Waals surface area contributed by atoms with Gasteiger partial charge in [0.25, 0.3) is 5.91 Å². The van der Waals surface area contributed by atoms with Gasteiger partial charge in [-0.3, -0.25) is 4.79 Å². The van der Waals surface area contributed by atoms with Gasteiger partial charge in [0.15, 0.2) is 6.10 Å². The van der Waals surface area contributed by atoms with Crippen molar-refractivity contribution in [3.8, 4) is 5.75 Å². The molecule has 2 heterocycles. The number of pyridine rings is 1. The van der Waals surface area contributed by atoms with Crippen molar-refractivity contribution in [2.45, 2.75) is 38.2 Å². The lowest BCUT2D eigenvalue weighted by molar-refractivity contribution is -0.129. The van der Waals surface area contributed by atoms with E-state index < -0.39 is 12.1 Å². The maximum absolute atomic E-state index is 13.4. The number of hydrogen-bond acceptors (Lipinski definition) is 5. The van der Waals surface area contributed by atoms with Crippen LogP contribution in [0, 0.1) is 0 Å². The molecule has 1 atom stereocenters. The quantitative estimate of drug-likeness (QED) is 0.609. The van der Waals surface area contributed by atoms with Crippen molar-refractivity contribution in [2.75, 3.05) is 6.54 Å². The van der Waals surface area contributed by atoms with Crippen LogP contribution in [-0.2, 0) is 16.0 Å². The molecule has 0 saturated carbocycles. The molecule has 5 rings (SSSR count). The number of nitrogens with one attached hydrogen (secondary N) is 1. The van der Waals surface area contributed by atoms with E-state index in [1.807, 2.05) is 42.5 Å². The topological polar surface area (TPSA) is 88.5 Å². The van der Waals surface area contributed by atoms with E-state index in [-0.39, 0.29) is 11.7 Å². The molecule has 6 heteroatoms. The van der Waals surface area contributed by atoms with Crippen molar-refractivity contribution in [3.63, 3.8) is 0 Å². The summed E-state index contributed by atoms with van der Waals surface area (Å²) in [7, 11) is 0. The van der Waals surface area contributed by atoms with Crippen molar-refractivity contribution in [1.82, 2.24) is 10.3 Å². The Morgan fingerprint density at radius 1 is 1.09 bits per heavy atom. The third-order valence-electron chi connectivity index (χ3n) is 6.11. The number of aromatic nitrogens is 1. The zero-order chi connectivity index (χ0) is 22.1. The minimum Gasteiger partial charge on any atom is -0.508 e. The van der Waals surface area contributed by atoms with Crippen LogP contribution in [0.3, 0.4) is 0 Å². The van der Waals surface area contributed by atoms with E-state index in [0.717, 1.165) is 52.6 Å². The molecular formula is C26H24N2O4. The molecule has 1 saturated heterocycles. The third kappa shape index (κ3) is 3.84. The monoisotopic (exact) mass is 428 g/mol. The number of phenolic OH excluding ortho intramolecular Hbond substituents is 1. The van der Waals surface area contributed by atoms with Crippen LogP contribution in [0.4, 0.5) is 0 Å². The molecule has 2 N–H and O–H groups in total. The highest BCUT2D eigenvalue weighted by Gasteiger charge is 2.31. The number of allylic oxidation sites excluding steroid dienone is 1. The zero-order valence-electron chi connectivity index (χ0n) is 17.6. The van der Waals surface area contributed by atoms with E-state index in [4.69, 9.17) is 9.72 Å². The average molecular weight is 428 g/mol. The molecule has 0 radical (unpaired) electrons. The van der Waals surface area contributed by atoms with Gasteiger partial charge in [-0.25, -0.2) is 9.78 Å². The molecule has 1 fully saturated rings. The summed E-state index contributed by atoms with van der Waals surface area (Å²) in [6.45, 7) is 0.617.